The Morgan fingerprint density at radius 1 is 0.170 bits per heavy atom. The van der Waals surface area contributed by atoms with Crippen molar-refractivity contribution < 1.29 is 0 Å². The van der Waals surface area contributed by atoms with Crippen LogP contribution in [0.2, 0.25) is 0 Å². The van der Waals surface area contributed by atoms with E-state index in [-0.39, 0.29) is 0 Å². The molecule has 0 saturated carbocycles. The zero-order chi connectivity index (χ0) is 57.8. The van der Waals surface area contributed by atoms with E-state index in [1.807, 2.05) is 6.07 Å². The van der Waals surface area contributed by atoms with E-state index in [0.717, 1.165) is 94.8 Å². The number of benzene rings is 13. The van der Waals surface area contributed by atoms with E-state index in [1.54, 1.807) is 0 Å². The highest BCUT2D eigenvalue weighted by Gasteiger charge is 2.21. The number of hydrogen-bond acceptors (Lipinski definition) is 2. The van der Waals surface area contributed by atoms with Crippen LogP contribution in [0.4, 0.5) is 0 Å². The van der Waals surface area contributed by atoms with Crippen LogP contribution >= 0.6 is 0 Å². The second-order valence-corrected chi connectivity index (χ2v) is 22.9. The highest BCUT2D eigenvalue weighted by Crippen LogP contribution is 2.43. The largest absolute Gasteiger partial charge is 0.309 e. The summed E-state index contributed by atoms with van der Waals surface area (Å²) < 4.78 is 9.54. The summed E-state index contributed by atoms with van der Waals surface area (Å²) in [5.41, 5.74) is 23.1. The fourth-order valence-electron chi connectivity index (χ4n) is 13.9. The lowest BCUT2D eigenvalue weighted by Crippen LogP contribution is -1.96. The molecular weight excluding hydrogens is 1070 g/mol. The molecule has 0 unspecified atom stereocenters. The van der Waals surface area contributed by atoms with Crippen molar-refractivity contribution in [3.8, 4) is 78.9 Å². The van der Waals surface area contributed by atoms with Crippen molar-refractivity contribution in [2.75, 3.05) is 0 Å². The Labute approximate surface area is 507 Å². The molecule has 0 N–H and O–H groups in total. The summed E-state index contributed by atoms with van der Waals surface area (Å²) in [5.74, 6) is 0.671. The number of nitrogens with zero attached hydrogens (tertiary/aromatic N) is 6. The molecule has 0 aliphatic carbocycles. The highest BCUT2D eigenvalue weighted by molar-refractivity contribution is 6.15. The van der Waals surface area contributed by atoms with Gasteiger partial charge in [-0.05, 0) is 162 Å². The van der Waals surface area contributed by atoms with E-state index in [2.05, 4.69) is 328 Å². The third-order valence-corrected chi connectivity index (χ3v) is 17.9. The van der Waals surface area contributed by atoms with Crippen LogP contribution in [0.25, 0.3) is 166 Å². The fraction of sp³-hybridized carbons (Fsp3) is 0. The molecule has 88 heavy (non-hydrogen) atoms. The van der Waals surface area contributed by atoms with E-state index < -0.39 is 0 Å². The molecule has 0 atom stereocenters. The molecule has 0 spiro atoms. The molecule has 0 fully saturated rings. The van der Waals surface area contributed by atoms with Crippen LogP contribution in [0.1, 0.15) is 0 Å². The van der Waals surface area contributed by atoms with Gasteiger partial charge in [-0.3, -0.25) is 0 Å². The highest BCUT2D eigenvalue weighted by atomic mass is 15.0. The molecule has 0 bridgehead atoms. The molecular formula is C82H52N6. The maximum Gasteiger partial charge on any atom is 0.160 e. The van der Waals surface area contributed by atoms with E-state index in [0.29, 0.717) is 5.82 Å². The van der Waals surface area contributed by atoms with Crippen LogP contribution < -0.4 is 0 Å². The van der Waals surface area contributed by atoms with Gasteiger partial charge in [0.15, 0.2) is 5.82 Å². The van der Waals surface area contributed by atoms with Gasteiger partial charge in [0.2, 0.25) is 0 Å². The van der Waals surface area contributed by atoms with E-state index in [1.165, 1.54) is 65.5 Å². The Morgan fingerprint density at radius 2 is 0.409 bits per heavy atom. The average molecular weight is 1120 g/mol. The van der Waals surface area contributed by atoms with Gasteiger partial charge in [0.25, 0.3) is 0 Å². The second kappa shape index (κ2) is 19.9. The molecule has 5 aromatic heterocycles. The van der Waals surface area contributed by atoms with Gasteiger partial charge < -0.3 is 18.3 Å². The first-order valence-electron chi connectivity index (χ1n) is 30.0. The van der Waals surface area contributed by atoms with Crippen LogP contribution in [-0.2, 0) is 0 Å². The van der Waals surface area contributed by atoms with Crippen LogP contribution in [-0.4, -0.2) is 28.2 Å². The van der Waals surface area contributed by atoms with Gasteiger partial charge in [0.05, 0.1) is 55.5 Å². The number of rotatable bonds is 9. The van der Waals surface area contributed by atoms with E-state index in [4.69, 9.17) is 9.97 Å². The summed E-state index contributed by atoms with van der Waals surface area (Å²) >= 11 is 0. The van der Waals surface area contributed by atoms with Gasteiger partial charge in [-0.1, -0.05) is 176 Å². The second-order valence-electron chi connectivity index (χ2n) is 22.9. The molecule has 0 aliphatic rings. The normalized spacial score (nSPS) is 11.9. The summed E-state index contributed by atoms with van der Waals surface area (Å²) in [6, 6.07) is 114. The smallest absolute Gasteiger partial charge is 0.160 e. The van der Waals surface area contributed by atoms with Gasteiger partial charge in [0.1, 0.15) is 0 Å². The standard InChI is InChI=1S/C82H52N6/c1-6-20-53(21-7-1)82-83-72(58-38-44-80-70(50-58)68-48-56(36-42-78(68)87(80)62-26-12-4-13-27-62)54-34-40-76-66(46-54)64-30-16-18-32-74(64)85(76)60-22-8-2-9-23-60)52-73(84-82)59-39-45-81-71(51-59)69-49-57(37-43-79(69)88(81)63-28-14-5-15-29-63)55-35-41-77-67(47-55)65-31-17-19-33-75(65)86(77)61-24-10-3-11-25-61/h1-52H. The van der Waals surface area contributed by atoms with Crippen molar-refractivity contribution in [2.24, 2.45) is 0 Å². The van der Waals surface area contributed by atoms with Crippen LogP contribution in [0.3, 0.4) is 0 Å². The van der Waals surface area contributed by atoms with Gasteiger partial charge >= 0.3 is 0 Å². The van der Waals surface area contributed by atoms with Crippen LogP contribution in [0, 0.1) is 0 Å². The molecule has 18 aromatic rings. The van der Waals surface area contributed by atoms with Crippen molar-refractivity contribution >= 4 is 87.2 Å². The van der Waals surface area contributed by atoms with E-state index >= 15 is 0 Å². The first kappa shape index (κ1) is 49.6. The van der Waals surface area contributed by atoms with Gasteiger partial charge in [0, 0.05) is 82.5 Å². The lowest BCUT2D eigenvalue weighted by molar-refractivity contribution is 1.17. The lowest BCUT2D eigenvalue weighted by atomic mass is 9.99. The zero-order valence-electron chi connectivity index (χ0n) is 47.7. The van der Waals surface area contributed by atoms with Gasteiger partial charge in [-0.25, -0.2) is 9.97 Å². The Morgan fingerprint density at radius 3 is 0.727 bits per heavy atom. The minimum absolute atomic E-state index is 0.671. The first-order valence-corrected chi connectivity index (χ1v) is 30.0. The van der Waals surface area contributed by atoms with Crippen molar-refractivity contribution in [3.63, 3.8) is 0 Å². The van der Waals surface area contributed by atoms with Crippen molar-refractivity contribution in [1.29, 1.82) is 0 Å². The number of fused-ring (bicyclic) bond motifs is 12. The van der Waals surface area contributed by atoms with Crippen molar-refractivity contribution in [1.82, 2.24) is 28.2 Å². The predicted octanol–water partition coefficient (Wildman–Crippen LogP) is 21.2. The third kappa shape index (κ3) is 7.89. The summed E-state index contributed by atoms with van der Waals surface area (Å²) in [4.78, 5) is 10.9. The quantitative estimate of drug-likeness (QED) is 0.145. The Balaban J connectivity index is 0.799. The summed E-state index contributed by atoms with van der Waals surface area (Å²) in [6.07, 6.45) is 0. The van der Waals surface area contributed by atoms with Crippen molar-refractivity contribution in [3.05, 3.63) is 315 Å². The molecule has 410 valence electrons. The van der Waals surface area contributed by atoms with Gasteiger partial charge in [-0.15, -0.1) is 0 Å². The molecule has 0 saturated heterocycles. The topological polar surface area (TPSA) is 45.5 Å². The molecule has 13 aromatic carbocycles. The molecule has 18 rings (SSSR count). The number of aromatic nitrogens is 6. The number of hydrogen-bond donors (Lipinski definition) is 0. The summed E-state index contributed by atoms with van der Waals surface area (Å²) in [7, 11) is 0. The van der Waals surface area contributed by atoms with E-state index in [9.17, 15) is 0 Å². The van der Waals surface area contributed by atoms with Gasteiger partial charge in [-0.2, -0.15) is 0 Å². The molecule has 0 amide bonds. The van der Waals surface area contributed by atoms with Crippen LogP contribution in [0.15, 0.2) is 315 Å². The summed E-state index contributed by atoms with van der Waals surface area (Å²) in [5, 5.41) is 9.54. The molecule has 0 aliphatic heterocycles. The maximum absolute atomic E-state index is 5.43. The first-order chi connectivity index (χ1) is 43.6. The maximum atomic E-state index is 5.43. The molecule has 6 nitrogen and oxygen atoms in total. The van der Waals surface area contributed by atoms with Crippen molar-refractivity contribution in [2.45, 2.75) is 0 Å². The zero-order valence-corrected chi connectivity index (χ0v) is 47.7. The van der Waals surface area contributed by atoms with Crippen LogP contribution in [0.5, 0.6) is 0 Å². The SMILES string of the molecule is c1ccc(-c2nc(-c3ccc4c(c3)c3cc(-c5ccc6c(c5)c5ccccc5n6-c5ccccc5)ccc3n4-c3ccccc3)cc(-c3ccc4c(c3)c3cc(-c5ccc6c(c5)c5ccccc5n6-c5ccccc5)ccc3n4-c3ccccc3)n2)cc1. The minimum atomic E-state index is 0.671. The third-order valence-electron chi connectivity index (χ3n) is 17.9. The average Bonchev–Trinajstić information content (AvgIpc) is 2.45. The summed E-state index contributed by atoms with van der Waals surface area (Å²) in [6.45, 7) is 0. The fourth-order valence-corrected chi connectivity index (χ4v) is 13.9. The number of para-hydroxylation sites is 6. The molecule has 6 heteroatoms. The Bertz CT molecular complexity index is 5440. The Hall–Kier alpha value is -11.9. The Kier molecular flexibility index (Phi) is 11.2. The lowest BCUT2D eigenvalue weighted by Gasteiger charge is -2.11. The molecule has 5 heterocycles. The predicted molar refractivity (Wildman–Crippen MR) is 367 cm³/mol. The monoisotopic (exact) mass is 1120 g/mol. The minimum Gasteiger partial charge on any atom is -0.309 e. The molecule has 0 radical (unpaired) electrons.